The van der Waals surface area contributed by atoms with E-state index in [9.17, 15) is 8.42 Å². The standard InChI is InChI=1S/C13H14ClN3O2S/c1-9-10(14)4-3-5-11(9)17-20(18,19)13-8-16-7-6-12(13)15-2/h3-8,17H,1-2H3,(H,15,16). The molecule has 106 valence electrons. The molecule has 2 aromatic rings. The summed E-state index contributed by atoms with van der Waals surface area (Å²) < 4.78 is 27.3. The number of hydrogen-bond acceptors (Lipinski definition) is 4. The normalized spacial score (nSPS) is 11.2. The number of anilines is 2. The van der Waals surface area contributed by atoms with Gasteiger partial charge in [0, 0.05) is 24.5 Å². The van der Waals surface area contributed by atoms with E-state index in [0.29, 0.717) is 22.0 Å². The highest BCUT2D eigenvalue weighted by Gasteiger charge is 2.19. The molecule has 0 saturated carbocycles. The summed E-state index contributed by atoms with van der Waals surface area (Å²) in [5.74, 6) is 0. The van der Waals surface area contributed by atoms with Crippen molar-refractivity contribution in [3.63, 3.8) is 0 Å². The van der Waals surface area contributed by atoms with Gasteiger partial charge in [-0.2, -0.15) is 0 Å². The average Bonchev–Trinajstić information content (AvgIpc) is 2.43. The van der Waals surface area contributed by atoms with Crippen LogP contribution in [-0.2, 0) is 10.0 Å². The van der Waals surface area contributed by atoms with Crippen LogP contribution in [0, 0.1) is 6.92 Å². The Balaban J connectivity index is 2.44. The first-order valence-corrected chi connectivity index (χ1v) is 7.71. The predicted octanol–water partition coefficient (Wildman–Crippen LogP) is 2.89. The smallest absolute Gasteiger partial charge is 0.265 e. The van der Waals surface area contributed by atoms with E-state index < -0.39 is 10.0 Å². The Morgan fingerprint density at radius 2 is 1.95 bits per heavy atom. The Kier molecular flexibility index (Phi) is 4.15. The van der Waals surface area contributed by atoms with Crippen LogP contribution < -0.4 is 10.0 Å². The number of hydrogen-bond donors (Lipinski definition) is 2. The highest BCUT2D eigenvalue weighted by atomic mass is 35.5. The lowest BCUT2D eigenvalue weighted by Crippen LogP contribution is -2.15. The third-order valence-corrected chi connectivity index (χ3v) is 4.66. The van der Waals surface area contributed by atoms with Crippen LogP contribution in [0.5, 0.6) is 0 Å². The molecular weight excluding hydrogens is 298 g/mol. The number of benzene rings is 1. The first kappa shape index (κ1) is 14.6. The molecule has 0 bridgehead atoms. The minimum Gasteiger partial charge on any atom is -0.387 e. The van der Waals surface area contributed by atoms with Crippen molar-refractivity contribution >= 4 is 33.0 Å². The molecule has 0 aliphatic heterocycles. The van der Waals surface area contributed by atoms with E-state index in [1.165, 1.54) is 12.4 Å². The molecular formula is C13H14ClN3O2S. The summed E-state index contributed by atoms with van der Waals surface area (Å²) in [6.07, 6.45) is 2.82. The summed E-state index contributed by atoms with van der Waals surface area (Å²) in [6.45, 7) is 1.75. The summed E-state index contributed by atoms with van der Waals surface area (Å²) in [6, 6.07) is 6.65. The van der Waals surface area contributed by atoms with Crippen LogP contribution in [-0.4, -0.2) is 20.4 Å². The van der Waals surface area contributed by atoms with E-state index in [0.717, 1.165) is 0 Å². The van der Waals surface area contributed by atoms with Crippen LogP contribution in [0.1, 0.15) is 5.56 Å². The van der Waals surface area contributed by atoms with Gasteiger partial charge < -0.3 is 5.32 Å². The number of halogens is 1. The van der Waals surface area contributed by atoms with Crippen LogP contribution in [0.3, 0.4) is 0 Å². The van der Waals surface area contributed by atoms with E-state index in [4.69, 9.17) is 11.6 Å². The van der Waals surface area contributed by atoms with Crippen molar-refractivity contribution in [2.24, 2.45) is 0 Å². The molecule has 0 fully saturated rings. The monoisotopic (exact) mass is 311 g/mol. The van der Waals surface area contributed by atoms with Gasteiger partial charge in [-0.1, -0.05) is 17.7 Å². The maximum Gasteiger partial charge on any atom is 0.265 e. The third kappa shape index (κ3) is 2.86. The van der Waals surface area contributed by atoms with Crippen LogP contribution in [0.2, 0.25) is 5.02 Å². The Bertz CT molecular complexity index is 732. The second-order valence-electron chi connectivity index (χ2n) is 4.14. The minimum absolute atomic E-state index is 0.0851. The van der Waals surface area contributed by atoms with Gasteiger partial charge in [-0.25, -0.2) is 8.42 Å². The maximum absolute atomic E-state index is 12.4. The summed E-state index contributed by atoms with van der Waals surface area (Å²) in [5, 5.41) is 3.33. The van der Waals surface area contributed by atoms with Crippen LogP contribution in [0.4, 0.5) is 11.4 Å². The summed E-state index contributed by atoms with van der Waals surface area (Å²) in [4.78, 5) is 3.94. The SMILES string of the molecule is CNc1ccncc1S(=O)(=O)Nc1cccc(Cl)c1C. The molecule has 1 aromatic heterocycles. The first-order chi connectivity index (χ1) is 9.45. The number of aromatic nitrogens is 1. The van der Waals surface area contributed by atoms with Crippen LogP contribution >= 0.6 is 11.6 Å². The molecule has 0 amide bonds. The molecule has 7 heteroatoms. The predicted molar refractivity (Wildman–Crippen MR) is 80.8 cm³/mol. The van der Waals surface area contributed by atoms with Crippen LogP contribution in [0.15, 0.2) is 41.6 Å². The van der Waals surface area contributed by atoms with Crippen molar-refractivity contribution in [1.29, 1.82) is 0 Å². The van der Waals surface area contributed by atoms with E-state index in [-0.39, 0.29) is 4.90 Å². The van der Waals surface area contributed by atoms with E-state index in [1.54, 1.807) is 38.2 Å². The topological polar surface area (TPSA) is 71.1 Å². The molecule has 2 rings (SSSR count). The molecule has 1 aromatic carbocycles. The lowest BCUT2D eigenvalue weighted by molar-refractivity contribution is 0.601. The lowest BCUT2D eigenvalue weighted by atomic mass is 10.2. The third-order valence-electron chi connectivity index (χ3n) is 2.86. The molecule has 0 aliphatic carbocycles. The molecule has 0 atom stereocenters. The van der Waals surface area contributed by atoms with E-state index in [2.05, 4.69) is 15.0 Å². The van der Waals surface area contributed by atoms with Crippen molar-refractivity contribution in [3.8, 4) is 0 Å². The van der Waals surface area contributed by atoms with Crippen molar-refractivity contribution in [3.05, 3.63) is 47.2 Å². The van der Waals surface area contributed by atoms with Gasteiger partial charge in [0.05, 0.1) is 11.4 Å². The van der Waals surface area contributed by atoms with Gasteiger partial charge in [0.15, 0.2) is 0 Å². The average molecular weight is 312 g/mol. The highest BCUT2D eigenvalue weighted by Crippen LogP contribution is 2.27. The molecule has 20 heavy (non-hydrogen) atoms. The molecule has 0 saturated heterocycles. The minimum atomic E-state index is -3.73. The maximum atomic E-state index is 12.4. The Morgan fingerprint density at radius 1 is 1.20 bits per heavy atom. The van der Waals surface area contributed by atoms with Gasteiger partial charge in [-0.3, -0.25) is 9.71 Å². The largest absolute Gasteiger partial charge is 0.387 e. The number of nitrogens with one attached hydrogen (secondary N) is 2. The number of sulfonamides is 1. The Hall–Kier alpha value is -1.79. The van der Waals surface area contributed by atoms with Gasteiger partial charge in [-0.05, 0) is 30.7 Å². The number of pyridine rings is 1. The molecule has 0 spiro atoms. The summed E-state index contributed by atoms with van der Waals surface area (Å²) >= 11 is 5.99. The van der Waals surface area contributed by atoms with Gasteiger partial charge >= 0.3 is 0 Å². The fourth-order valence-corrected chi connectivity index (χ4v) is 3.17. The van der Waals surface area contributed by atoms with Gasteiger partial charge in [0.2, 0.25) is 0 Å². The second kappa shape index (κ2) is 5.68. The molecule has 0 radical (unpaired) electrons. The molecule has 2 N–H and O–H groups in total. The van der Waals surface area contributed by atoms with Gasteiger partial charge in [0.25, 0.3) is 10.0 Å². The van der Waals surface area contributed by atoms with Gasteiger partial charge in [0.1, 0.15) is 4.90 Å². The molecule has 5 nitrogen and oxygen atoms in total. The van der Waals surface area contributed by atoms with Crippen molar-refractivity contribution < 1.29 is 8.42 Å². The molecule has 0 aliphatic rings. The first-order valence-electron chi connectivity index (χ1n) is 5.85. The van der Waals surface area contributed by atoms with Crippen molar-refractivity contribution in [1.82, 2.24) is 4.98 Å². The Morgan fingerprint density at radius 3 is 2.65 bits per heavy atom. The van der Waals surface area contributed by atoms with E-state index in [1.807, 2.05) is 0 Å². The number of rotatable bonds is 4. The van der Waals surface area contributed by atoms with Crippen LogP contribution in [0.25, 0.3) is 0 Å². The lowest BCUT2D eigenvalue weighted by Gasteiger charge is -2.13. The van der Waals surface area contributed by atoms with Crippen molar-refractivity contribution in [2.75, 3.05) is 17.1 Å². The number of nitrogens with zero attached hydrogens (tertiary/aromatic N) is 1. The van der Waals surface area contributed by atoms with Gasteiger partial charge in [-0.15, -0.1) is 0 Å². The Labute approximate surface area is 123 Å². The quantitative estimate of drug-likeness (QED) is 0.911. The van der Waals surface area contributed by atoms with E-state index >= 15 is 0 Å². The zero-order chi connectivity index (χ0) is 14.8. The van der Waals surface area contributed by atoms with Crippen molar-refractivity contribution in [2.45, 2.75) is 11.8 Å². The summed E-state index contributed by atoms with van der Waals surface area (Å²) in [5.41, 5.74) is 1.60. The fraction of sp³-hybridized carbons (Fsp3) is 0.154. The highest BCUT2D eigenvalue weighted by molar-refractivity contribution is 7.92. The molecule has 0 unspecified atom stereocenters. The zero-order valence-corrected chi connectivity index (χ0v) is 12.6. The second-order valence-corrected chi connectivity index (χ2v) is 6.20. The fourth-order valence-electron chi connectivity index (χ4n) is 1.72. The summed E-state index contributed by atoms with van der Waals surface area (Å²) in [7, 11) is -2.08. The zero-order valence-electron chi connectivity index (χ0n) is 11.0. The molecule has 1 heterocycles.